The third kappa shape index (κ3) is 25.2. The molecule has 0 bridgehead atoms. The van der Waals surface area contributed by atoms with Crippen molar-refractivity contribution in [2.75, 3.05) is 39.6 Å². The predicted octanol–water partition coefficient (Wildman–Crippen LogP) is 6.53. The van der Waals surface area contributed by atoms with Gasteiger partial charge in [-0.3, -0.25) is 0 Å². The molecule has 486 valence electrons. The van der Waals surface area contributed by atoms with Crippen molar-refractivity contribution in [2.24, 2.45) is 0 Å². The van der Waals surface area contributed by atoms with Crippen molar-refractivity contribution in [1.29, 1.82) is 0 Å². The molecule has 0 aliphatic carbocycles. The van der Waals surface area contributed by atoms with Gasteiger partial charge < -0.3 is 58.6 Å². The van der Waals surface area contributed by atoms with Crippen LogP contribution in [0, 0.1) is 0 Å². The lowest BCUT2D eigenvalue weighted by Crippen LogP contribution is -2.65. The topological polar surface area (TPSA) is 339 Å². The summed E-state index contributed by atoms with van der Waals surface area (Å²) in [6.07, 6.45) is -6.58. The van der Waals surface area contributed by atoms with E-state index in [0.717, 1.165) is 18.2 Å². The normalized spacial score (nSPS) is 13.9. The summed E-state index contributed by atoms with van der Waals surface area (Å²) in [5, 5.41) is 7.92. The lowest BCUT2D eigenvalue weighted by atomic mass is 9.94. The second-order valence-corrected chi connectivity index (χ2v) is 20.1. The van der Waals surface area contributed by atoms with Gasteiger partial charge >= 0.3 is 71.2 Å². The van der Waals surface area contributed by atoms with Gasteiger partial charge in [0.15, 0.2) is 0 Å². The lowest BCUT2D eigenvalue weighted by molar-refractivity contribution is -0.147. The molecule has 9 atom stereocenters. The molecular formula is C60H90N6O21. The minimum absolute atomic E-state index is 0.122. The molecule has 3 N–H and O–H groups in total. The predicted molar refractivity (Wildman–Crippen MR) is 318 cm³/mol. The molecule has 0 radical (unpaired) electrons. The van der Waals surface area contributed by atoms with Gasteiger partial charge in [-0.25, -0.2) is 71.2 Å². The van der Waals surface area contributed by atoms with Gasteiger partial charge in [-0.05, 0) is 59.3 Å². The van der Waals surface area contributed by atoms with Crippen molar-refractivity contribution in [2.45, 2.75) is 194 Å². The van der Waals surface area contributed by atoms with Crippen LogP contribution in [0.5, 0.6) is 0 Å². The molecule has 9 unspecified atom stereocenters. The summed E-state index contributed by atoms with van der Waals surface area (Å²) in [6.45, 7) is 32.8. The van der Waals surface area contributed by atoms with Crippen molar-refractivity contribution in [1.82, 2.24) is 29.7 Å². The Bertz CT molecular complexity index is 2440. The molecule has 0 spiro atoms. The molecule has 0 saturated carbocycles. The molecule has 3 amide bonds. The van der Waals surface area contributed by atoms with E-state index in [1.807, 2.05) is 0 Å². The van der Waals surface area contributed by atoms with E-state index in [0.29, 0.717) is 33.0 Å². The number of aromatic nitrogens is 3. The van der Waals surface area contributed by atoms with E-state index in [4.69, 9.17) is 42.6 Å². The van der Waals surface area contributed by atoms with Crippen LogP contribution in [0.15, 0.2) is 88.8 Å². The second-order valence-electron chi connectivity index (χ2n) is 20.1. The summed E-state index contributed by atoms with van der Waals surface area (Å²) in [5.74, 6) is -5.99. The van der Waals surface area contributed by atoms with E-state index in [9.17, 15) is 43.2 Å². The van der Waals surface area contributed by atoms with Gasteiger partial charge in [-0.15, -0.1) is 0 Å². The number of ether oxygens (including phenoxy) is 9. The minimum Gasteiger partial charge on any atom is -0.462 e. The summed E-state index contributed by atoms with van der Waals surface area (Å²) >= 11 is 0. The van der Waals surface area contributed by atoms with Crippen LogP contribution in [0.2, 0.25) is 0 Å². The molecule has 0 aromatic carbocycles. The zero-order valence-corrected chi connectivity index (χ0v) is 51.8. The molecule has 0 aliphatic heterocycles. The standard InChI is InChI=1S/C60H90N6O21/c1-16-25-43(85-52(70)37(10)11)49(61-55(73)82-31-19-4)40(28-34-79-46(67)22-7)64-58(76)65(41(29-35-80-47(68)23-8)50(62-56(74)83-32-20-5)44(26-17-2)86-53(71)38(12)13)60(78)66(59(64)77)42(30-36-81-48(69)24-9)51(63-57(75)84-33-21-6)45(27-18-3)87-54(72)39(14)15/h22-24,40-45,49-51H,7-10,12,14,16-21,25-36H2,1-6,11,13,15H3,(H,61,73)(H,62,74)(H,63,75). The number of esters is 6. The monoisotopic (exact) mass is 1230 g/mol. The van der Waals surface area contributed by atoms with Crippen LogP contribution in [-0.2, 0) is 71.4 Å². The van der Waals surface area contributed by atoms with Crippen molar-refractivity contribution in [3.63, 3.8) is 0 Å². The van der Waals surface area contributed by atoms with Crippen LogP contribution in [0.25, 0.3) is 0 Å². The molecule has 1 aromatic heterocycles. The summed E-state index contributed by atoms with van der Waals surface area (Å²) < 4.78 is 52.1. The third-order valence-electron chi connectivity index (χ3n) is 12.9. The number of carbonyl (C=O) groups excluding carboxylic acids is 9. The lowest BCUT2D eigenvalue weighted by Gasteiger charge is -2.38. The number of hydrogen-bond donors (Lipinski definition) is 3. The molecule has 0 saturated heterocycles. The highest BCUT2D eigenvalue weighted by atomic mass is 16.6. The highest BCUT2D eigenvalue weighted by molar-refractivity contribution is 5.88. The Morgan fingerprint density at radius 1 is 0.379 bits per heavy atom. The van der Waals surface area contributed by atoms with Crippen LogP contribution in [0.4, 0.5) is 14.4 Å². The minimum atomic E-state index is -1.94. The fourth-order valence-electron chi connectivity index (χ4n) is 8.80. The zero-order chi connectivity index (χ0) is 65.9. The van der Waals surface area contributed by atoms with Gasteiger partial charge in [0.25, 0.3) is 0 Å². The van der Waals surface area contributed by atoms with Gasteiger partial charge in [0.2, 0.25) is 0 Å². The molecule has 27 heteroatoms. The number of nitrogens with zero attached hydrogens (tertiary/aromatic N) is 3. The van der Waals surface area contributed by atoms with E-state index < -0.39 is 165 Å². The summed E-state index contributed by atoms with van der Waals surface area (Å²) in [6, 6.07) is -11.2. The second kappa shape index (κ2) is 40.7. The Kier molecular flexibility index (Phi) is 35.8. The Balaban J connectivity index is 5.68. The van der Waals surface area contributed by atoms with E-state index in [1.165, 1.54) is 20.8 Å². The first-order valence-corrected chi connectivity index (χ1v) is 29.1. The number of rotatable bonds is 42. The van der Waals surface area contributed by atoms with E-state index >= 15 is 14.4 Å². The Labute approximate surface area is 507 Å². The van der Waals surface area contributed by atoms with Crippen LogP contribution in [0.1, 0.15) is 157 Å². The van der Waals surface area contributed by atoms with Crippen LogP contribution in [-0.4, -0.2) is 144 Å². The Morgan fingerprint density at radius 2 is 0.609 bits per heavy atom. The molecule has 87 heavy (non-hydrogen) atoms. The Hall–Kier alpha value is -8.52. The summed E-state index contributed by atoms with van der Waals surface area (Å²) in [7, 11) is 0. The molecular weight excluding hydrogens is 1140 g/mol. The van der Waals surface area contributed by atoms with Crippen LogP contribution < -0.4 is 33.0 Å². The maximum atomic E-state index is 16.5. The molecule has 0 aliphatic rings. The number of alkyl carbamates (subject to hydrolysis) is 3. The highest BCUT2D eigenvalue weighted by Gasteiger charge is 2.44. The molecule has 27 nitrogen and oxygen atoms in total. The Morgan fingerprint density at radius 3 is 0.793 bits per heavy atom. The molecule has 0 fully saturated rings. The van der Waals surface area contributed by atoms with Gasteiger partial charge in [0.05, 0.1) is 75.9 Å². The maximum absolute atomic E-state index is 16.5. The first kappa shape index (κ1) is 76.5. The number of amides is 3. The molecule has 1 heterocycles. The smallest absolute Gasteiger partial charge is 0.407 e. The number of carbonyl (C=O) groups is 9. The van der Waals surface area contributed by atoms with Crippen LogP contribution >= 0.6 is 0 Å². The third-order valence-corrected chi connectivity index (χ3v) is 12.9. The summed E-state index contributed by atoms with van der Waals surface area (Å²) in [4.78, 5) is 171. The molecule has 1 rings (SSSR count). The fourth-order valence-corrected chi connectivity index (χ4v) is 8.80. The molecule has 1 aromatic rings. The van der Waals surface area contributed by atoms with Gasteiger partial charge in [-0.1, -0.05) is 100 Å². The van der Waals surface area contributed by atoms with E-state index in [1.54, 1.807) is 41.5 Å². The first-order valence-electron chi connectivity index (χ1n) is 29.1. The SMILES string of the molecule is C=CC(=O)OCCC(C(NC(=O)OCCC)C(CCC)OC(=O)C(=C)C)n1c(=O)n(C(CCOC(=O)C=C)C(NC(=O)OCCC)C(CCC)OC(=O)C(=C)C)c(=O)n(C(CCOC(=O)C=C)C(NC(=O)OCCC)C(CCC)OC(=O)C(=C)C)c1=O. The highest BCUT2D eigenvalue weighted by Crippen LogP contribution is 2.28. The van der Waals surface area contributed by atoms with Gasteiger partial charge in [-0.2, -0.15) is 0 Å². The average Bonchev–Trinajstić information content (AvgIpc) is 0.782. The van der Waals surface area contributed by atoms with Crippen molar-refractivity contribution >= 4 is 54.1 Å². The first-order chi connectivity index (χ1) is 41.3. The zero-order valence-electron chi connectivity index (χ0n) is 51.8. The van der Waals surface area contributed by atoms with E-state index in [-0.39, 0.29) is 75.1 Å². The fraction of sp³-hybridized carbons (Fsp3) is 0.600. The number of nitrogens with one attached hydrogen (secondary N) is 3. The van der Waals surface area contributed by atoms with Gasteiger partial charge in [0.1, 0.15) is 18.3 Å². The van der Waals surface area contributed by atoms with Crippen LogP contribution in [0.3, 0.4) is 0 Å². The number of hydrogen-bond acceptors (Lipinski definition) is 21. The quantitative estimate of drug-likeness (QED) is 0.0356. The van der Waals surface area contributed by atoms with Crippen molar-refractivity contribution in [3.8, 4) is 0 Å². The van der Waals surface area contributed by atoms with Crippen molar-refractivity contribution in [3.05, 3.63) is 106 Å². The maximum Gasteiger partial charge on any atom is 0.407 e. The van der Waals surface area contributed by atoms with E-state index in [2.05, 4.69) is 55.4 Å². The summed E-state index contributed by atoms with van der Waals surface area (Å²) in [5.41, 5.74) is -5.09. The van der Waals surface area contributed by atoms with Gasteiger partial charge in [0, 0.05) is 54.2 Å². The largest absolute Gasteiger partial charge is 0.462 e. The average molecular weight is 1230 g/mol. The van der Waals surface area contributed by atoms with Crippen molar-refractivity contribution < 1.29 is 85.8 Å².